The third-order valence-electron chi connectivity index (χ3n) is 4.56. The van der Waals surface area contributed by atoms with Gasteiger partial charge in [-0.15, -0.1) is 0 Å². The Balaban J connectivity index is 1.61. The van der Waals surface area contributed by atoms with Crippen LogP contribution in [0.2, 0.25) is 0 Å². The topological polar surface area (TPSA) is 54.0 Å². The van der Waals surface area contributed by atoms with Crippen LogP contribution >= 0.6 is 0 Å². The molecule has 0 atom stereocenters. The van der Waals surface area contributed by atoms with Crippen LogP contribution in [-0.4, -0.2) is 16.4 Å². The van der Waals surface area contributed by atoms with Crippen molar-refractivity contribution >= 4 is 5.91 Å². The first kappa shape index (κ1) is 11.7. The summed E-state index contributed by atoms with van der Waals surface area (Å²) in [5.41, 5.74) is 7.43. The SMILES string of the molecule is CC12CCC(NNC(=O)c3ccncc3)(CC1)C2. The summed E-state index contributed by atoms with van der Waals surface area (Å²) in [7, 11) is 0. The number of pyridine rings is 1. The highest BCUT2D eigenvalue weighted by Gasteiger charge is 2.51. The van der Waals surface area contributed by atoms with E-state index in [-0.39, 0.29) is 11.4 Å². The van der Waals surface area contributed by atoms with Gasteiger partial charge >= 0.3 is 0 Å². The number of carbonyl (C=O) groups is 1. The molecule has 2 fully saturated rings. The van der Waals surface area contributed by atoms with Gasteiger partial charge in [0.1, 0.15) is 0 Å². The smallest absolute Gasteiger partial charge is 0.265 e. The zero-order chi connectivity index (χ0) is 12.6. The quantitative estimate of drug-likeness (QED) is 0.801. The van der Waals surface area contributed by atoms with Gasteiger partial charge in [-0.2, -0.15) is 0 Å². The Morgan fingerprint density at radius 1 is 1.22 bits per heavy atom. The number of carbonyl (C=O) groups excluding carboxylic acids is 1. The van der Waals surface area contributed by atoms with Crippen LogP contribution in [0.15, 0.2) is 24.5 Å². The molecule has 2 aliphatic carbocycles. The molecule has 2 aliphatic rings. The van der Waals surface area contributed by atoms with Gasteiger partial charge < -0.3 is 0 Å². The van der Waals surface area contributed by atoms with E-state index >= 15 is 0 Å². The van der Waals surface area contributed by atoms with Crippen molar-refractivity contribution in [2.45, 2.75) is 44.6 Å². The molecule has 3 rings (SSSR count). The van der Waals surface area contributed by atoms with Gasteiger partial charge in [-0.05, 0) is 49.7 Å². The van der Waals surface area contributed by atoms with Crippen LogP contribution in [0.25, 0.3) is 0 Å². The molecule has 1 aromatic rings. The average Bonchev–Trinajstić information content (AvgIpc) is 2.91. The fraction of sp³-hybridized carbons (Fsp3) is 0.571. The second-order valence-corrected chi connectivity index (χ2v) is 6.08. The summed E-state index contributed by atoms with van der Waals surface area (Å²) in [5, 5.41) is 0. The summed E-state index contributed by atoms with van der Waals surface area (Å²) in [6, 6.07) is 3.45. The van der Waals surface area contributed by atoms with Gasteiger partial charge in [0.25, 0.3) is 5.91 Å². The minimum Gasteiger partial charge on any atom is -0.287 e. The van der Waals surface area contributed by atoms with E-state index in [1.807, 2.05) is 0 Å². The summed E-state index contributed by atoms with van der Waals surface area (Å²) < 4.78 is 0. The highest BCUT2D eigenvalue weighted by atomic mass is 16.2. The third-order valence-corrected chi connectivity index (χ3v) is 4.56. The Hall–Kier alpha value is -1.42. The van der Waals surface area contributed by atoms with Crippen LogP contribution in [-0.2, 0) is 0 Å². The standard InChI is InChI=1S/C14H19N3O/c1-13-4-6-14(10-13,7-5-13)17-16-12(18)11-2-8-15-9-3-11/h2-3,8-9,17H,4-7,10H2,1H3,(H,16,18). The van der Waals surface area contributed by atoms with Gasteiger partial charge in [-0.3, -0.25) is 15.2 Å². The molecule has 4 nitrogen and oxygen atoms in total. The second kappa shape index (κ2) is 4.05. The fourth-order valence-electron chi connectivity index (χ4n) is 3.44. The molecule has 1 heterocycles. The summed E-state index contributed by atoms with van der Waals surface area (Å²) in [6.07, 6.45) is 9.32. The van der Waals surface area contributed by atoms with Crippen molar-refractivity contribution < 1.29 is 4.79 Å². The molecular weight excluding hydrogens is 226 g/mol. The van der Waals surface area contributed by atoms with Crippen molar-refractivity contribution in [3.05, 3.63) is 30.1 Å². The number of hydrazine groups is 1. The van der Waals surface area contributed by atoms with Crippen LogP contribution in [0.5, 0.6) is 0 Å². The molecule has 0 saturated heterocycles. The molecule has 4 heteroatoms. The number of amides is 1. The van der Waals surface area contributed by atoms with Gasteiger partial charge in [0.2, 0.25) is 0 Å². The van der Waals surface area contributed by atoms with Gasteiger partial charge in [0.05, 0.1) is 0 Å². The number of nitrogens with one attached hydrogen (secondary N) is 2. The Bertz CT molecular complexity index is 449. The summed E-state index contributed by atoms with van der Waals surface area (Å²) >= 11 is 0. The van der Waals surface area contributed by atoms with Crippen molar-refractivity contribution in [2.24, 2.45) is 5.41 Å². The van der Waals surface area contributed by atoms with Crippen molar-refractivity contribution in [3.8, 4) is 0 Å². The number of hydrogen-bond donors (Lipinski definition) is 2. The lowest BCUT2D eigenvalue weighted by Crippen LogP contribution is -2.51. The van der Waals surface area contributed by atoms with Crippen molar-refractivity contribution in [1.82, 2.24) is 15.8 Å². The zero-order valence-corrected chi connectivity index (χ0v) is 10.7. The van der Waals surface area contributed by atoms with E-state index in [4.69, 9.17) is 0 Å². The fourth-order valence-corrected chi connectivity index (χ4v) is 3.44. The van der Waals surface area contributed by atoms with Crippen LogP contribution in [0.4, 0.5) is 0 Å². The lowest BCUT2D eigenvalue weighted by Gasteiger charge is -2.28. The molecule has 2 saturated carbocycles. The van der Waals surface area contributed by atoms with Crippen molar-refractivity contribution in [3.63, 3.8) is 0 Å². The summed E-state index contributed by atoms with van der Waals surface area (Å²) in [5.74, 6) is -0.0766. The molecule has 1 aromatic heterocycles. The molecule has 0 aromatic carbocycles. The van der Waals surface area contributed by atoms with E-state index in [2.05, 4.69) is 22.8 Å². The maximum absolute atomic E-state index is 12.0. The van der Waals surface area contributed by atoms with E-state index in [0.717, 1.165) is 0 Å². The molecular formula is C14H19N3O. The van der Waals surface area contributed by atoms with E-state index in [1.54, 1.807) is 24.5 Å². The number of aromatic nitrogens is 1. The molecule has 0 aliphatic heterocycles. The Labute approximate surface area is 107 Å². The monoisotopic (exact) mass is 245 g/mol. The Morgan fingerprint density at radius 3 is 2.44 bits per heavy atom. The number of rotatable bonds is 3. The lowest BCUT2D eigenvalue weighted by molar-refractivity contribution is 0.0904. The number of hydrogen-bond acceptors (Lipinski definition) is 3. The molecule has 18 heavy (non-hydrogen) atoms. The van der Waals surface area contributed by atoms with Gasteiger partial charge in [0, 0.05) is 23.5 Å². The molecule has 2 N–H and O–H groups in total. The van der Waals surface area contributed by atoms with Crippen molar-refractivity contribution in [1.29, 1.82) is 0 Å². The molecule has 0 radical (unpaired) electrons. The highest BCUT2D eigenvalue weighted by Crippen LogP contribution is 2.55. The van der Waals surface area contributed by atoms with Gasteiger partial charge in [-0.25, -0.2) is 5.43 Å². The minimum absolute atomic E-state index is 0.0766. The minimum atomic E-state index is -0.0766. The first-order valence-electron chi connectivity index (χ1n) is 6.59. The van der Waals surface area contributed by atoms with E-state index in [0.29, 0.717) is 11.0 Å². The van der Waals surface area contributed by atoms with Crippen molar-refractivity contribution in [2.75, 3.05) is 0 Å². The molecule has 96 valence electrons. The van der Waals surface area contributed by atoms with Gasteiger partial charge in [0.15, 0.2) is 0 Å². The molecule has 0 spiro atoms. The Morgan fingerprint density at radius 2 is 1.89 bits per heavy atom. The maximum Gasteiger partial charge on any atom is 0.265 e. The summed E-state index contributed by atoms with van der Waals surface area (Å²) in [4.78, 5) is 15.9. The van der Waals surface area contributed by atoms with E-state index < -0.39 is 0 Å². The van der Waals surface area contributed by atoms with E-state index in [9.17, 15) is 4.79 Å². The average molecular weight is 245 g/mol. The van der Waals surface area contributed by atoms with Crippen LogP contribution < -0.4 is 10.9 Å². The number of nitrogens with zero attached hydrogens (tertiary/aromatic N) is 1. The largest absolute Gasteiger partial charge is 0.287 e. The third kappa shape index (κ3) is 2.01. The summed E-state index contributed by atoms with van der Waals surface area (Å²) in [6.45, 7) is 2.36. The zero-order valence-electron chi connectivity index (χ0n) is 10.7. The molecule has 2 bridgehead atoms. The second-order valence-electron chi connectivity index (χ2n) is 6.08. The van der Waals surface area contributed by atoms with Crippen LogP contribution in [0.1, 0.15) is 49.4 Å². The predicted octanol–water partition coefficient (Wildman–Crippen LogP) is 2.04. The van der Waals surface area contributed by atoms with Gasteiger partial charge in [-0.1, -0.05) is 6.92 Å². The van der Waals surface area contributed by atoms with Crippen LogP contribution in [0, 0.1) is 5.41 Å². The first-order valence-corrected chi connectivity index (χ1v) is 6.59. The molecule has 1 amide bonds. The molecule has 0 unspecified atom stereocenters. The highest BCUT2D eigenvalue weighted by molar-refractivity contribution is 5.93. The predicted molar refractivity (Wildman–Crippen MR) is 68.8 cm³/mol. The first-order chi connectivity index (χ1) is 8.61. The number of fused-ring (bicyclic) bond motifs is 2. The van der Waals surface area contributed by atoms with Crippen LogP contribution in [0.3, 0.4) is 0 Å². The maximum atomic E-state index is 12.0. The normalized spacial score (nSPS) is 33.6. The Kier molecular flexibility index (Phi) is 2.63. The van der Waals surface area contributed by atoms with E-state index in [1.165, 1.54) is 32.1 Å². The lowest BCUT2D eigenvalue weighted by atomic mass is 9.86.